The predicted molar refractivity (Wildman–Crippen MR) is 68.4 cm³/mol. The molecule has 0 aromatic carbocycles. The van der Waals surface area contributed by atoms with Crippen LogP contribution in [0.1, 0.15) is 25.3 Å². The van der Waals surface area contributed by atoms with E-state index in [4.69, 9.17) is 5.11 Å². The number of amides is 2. The van der Waals surface area contributed by atoms with Crippen LogP contribution in [-0.4, -0.2) is 39.6 Å². The monoisotopic (exact) mass is 271 g/mol. The Bertz CT molecular complexity index is 394. The lowest BCUT2D eigenvalue weighted by Gasteiger charge is -2.27. The number of rotatable bonds is 6. The molecule has 2 amide bonds. The van der Waals surface area contributed by atoms with Gasteiger partial charge < -0.3 is 15.3 Å². The maximum Gasteiger partial charge on any atom is 0.317 e. The molecule has 18 heavy (non-hydrogen) atoms. The molecule has 0 spiro atoms. The average molecular weight is 271 g/mol. The quantitative estimate of drug-likeness (QED) is 0.822. The van der Waals surface area contributed by atoms with Crippen LogP contribution in [0.3, 0.4) is 0 Å². The van der Waals surface area contributed by atoms with Crippen LogP contribution < -0.4 is 5.32 Å². The molecule has 2 N–H and O–H groups in total. The van der Waals surface area contributed by atoms with Gasteiger partial charge in [0.05, 0.1) is 13.0 Å². The Labute approximate surface area is 110 Å². The second-order valence-electron chi connectivity index (χ2n) is 3.82. The standard InChI is InChI=1S/C11H17N3O3S/c1-3-14(8(2)6-10(15)16)11(17)13-7-9-12-4-5-18-9/h4-5,8H,3,6-7H2,1-2H3,(H,13,17)(H,15,16). The molecule has 1 rings (SSSR count). The van der Waals surface area contributed by atoms with E-state index in [0.29, 0.717) is 13.1 Å². The molecule has 0 saturated carbocycles. The van der Waals surface area contributed by atoms with Crippen molar-refractivity contribution in [2.75, 3.05) is 6.54 Å². The van der Waals surface area contributed by atoms with E-state index in [1.807, 2.05) is 12.3 Å². The topological polar surface area (TPSA) is 82.5 Å². The summed E-state index contributed by atoms with van der Waals surface area (Å²) in [6.07, 6.45) is 1.62. The molecule has 1 unspecified atom stereocenters. The largest absolute Gasteiger partial charge is 0.481 e. The first-order valence-corrected chi connectivity index (χ1v) is 6.57. The molecule has 0 aliphatic heterocycles. The summed E-state index contributed by atoms with van der Waals surface area (Å²) in [5, 5.41) is 14.1. The van der Waals surface area contributed by atoms with Crippen molar-refractivity contribution in [1.29, 1.82) is 0 Å². The number of aromatic nitrogens is 1. The van der Waals surface area contributed by atoms with Gasteiger partial charge in [-0.3, -0.25) is 4.79 Å². The first-order valence-electron chi connectivity index (χ1n) is 5.69. The van der Waals surface area contributed by atoms with Crippen molar-refractivity contribution in [3.8, 4) is 0 Å². The highest BCUT2D eigenvalue weighted by Gasteiger charge is 2.20. The zero-order valence-electron chi connectivity index (χ0n) is 10.4. The van der Waals surface area contributed by atoms with Crippen LogP contribution in [0.2, 0.25) is 0 Å². The van der Waals surface area contributed by atoms with Crippen molar-refractivity contribution in [3.05, 3.63) is 16.6 Å². The molecule has 0 aliphatic rings. The van der Waals surface area contributed by atoms with Crippen LogP contribution in [0.15, 0.2) is 11.6 Å². The highest BCUT2D eigenvalue weighted by Crippen LogP contribution is 2.06. The van der Waals surface area contributed by atoms with Gasteiger partial charge in [-0.25, -0.2) is 9.78 Å². The number of carbonyl (C=O) groups excluding carboxylic acids is 1. The van der Waals surface area contributed by atoms with E-state index in [2.05, 4.69) is 10.3 Å². The normalized spacial score (nSPS) is 11.9. The van der Waals surface area contributed by atoms with Gasteiger partial charge in [0.2, 0.25) is 0 Å². The lowest BCUT2D eigenvalue weighted by Crippen LogP contribution is -2.45. The highest BCUT2D eigenvalue weighted by molar-refractivity contribution is 7.09. The van der Waals surface area contributed by atoms with E-state index >= 15 is 0 Å². The minimum Gasteiger partial charge on any atom is -0.481 e. The molecule has 0 bridgehead atoms. The SMILES string of the molecule is CCN(C(=O)NCc1nccs1)C(C)CC(=O)O. The first kappa shape index (κ1) is 14.4. The Balaban J connectivity index is 2.48. The summed E-state index contributed by atoms with van der Waals surface area (Å²) in [7, 11) is 0. The molecule has 100 valence electrons. The number of aliphatic carboxylic acids is 1. The van der Waals surface area contributed by atoms with E-state index in [-0.39, 0.29) is 18.5 Å². The van der Waals surface area contributed by atoms with E-state index < -0.39 is 5.97 Å². The smallest absolute Gasteiger partial charge is 0.317 e. The molecular formula is C11H17N3O3S. The number of carboxylic acid groups (broad SMARTS) is 1. The third kappa shape index (κ3) is 4.33. The summed E-state index contributed by atoms with van der Waals surface area (Å²) in [5.74, 6) is -0.909. The zero-order valence-corrected chi connectivity index (χ0v) is 11.2. The second kappa shape index (κ2) is 6.95. The van der Waals surface area contributed by atoms with Crippen LogP contribution in [0.4, 0.5) is 4.79 Å². The molecule has 1 atom stereocenters. The number of carboxylic acids is 1. The van der Waals surface area contributed by atoms with Crippen LogP contribution in [0.25, 0.3) is 0 Å². The lowest BCUT2D eigenvalue weighted by atomic mass is 10.2. The summed E-state index contributed by atoms with van der Waals surface area (Å²) < 4.78 is 0. The molecular weight excluding hydrogens is 254 g/mol. The van der Waals surface area contributed by atoms with Gasteiger partial charge >= 0.3 is 12.0 Å². The molecule has 1 aromatic heterocycles. The van der Waals surface area contributed by atoms with Gasteiger partial charge in [-0.2, -0.15) is 0 Å². The number of nitrogens with zero attached hydrogens (tertiary/aromatic N) is 2. The molecule has 7 heteroatoms. The Morgan fingerprint density at radius 2 is 2.33 bits per heavy atom. The van der Waals surface area contributed by atoms with Gasteiger partial charge in [0.1, 0.15) is 5.01 Å². The number of thiazole rings is 1. The summed E-state index contributed by atoms with van der Waals surface area (Å²) in [4.78, 5) is 28.1. The average Bonchev–Trinajstić information content (AvgIpc) is 2.79. The molecule has 0 fully saturated rings. The lowest BCUT2D eigenvalue weighted by molar-refractivity contribution is -0.138. The number of urea groups is 1. The van der Waals surface area contributed by atoms with E-state index in [1.54, 1.807) is 13.1 Å². The summed E-state index contributed by atoms with van der Waals surface area (Å²) in [6, 6.07) is -0.592. The minimum absolute atomic E-state index is 0.0570. The molecule has 6 nitrogen and oxygen atoms in total. The molecule has 0 aliphatic carbocycles. The van der Waals surface area contributed by atoms with E-state index in [9.17, 15) is 9.59 Å². The van der Waals surface area contributed by atoms with Crippen molar-refractivity contribution in [2.45, 2.75) is 32.9 Å². The van der Waals surface area contributed by atoms with Gasteiger partial charge in [0.15, 0.2) is 0 Å². The second-order valence-corrected chi connectivity index (χ2v) is 4.80. The maximum atomic E-state index is 11.9. The van der Waals surface area contributed by atoms with E-state index in [1.165, 1.54) is 16.2 Å². The van der Waals surface area contributed by atoms with Gasteiger partial charge in [0, 0.05) is 24.2 Å². The van der Waals surface area contributed by atoms with E-state index in [0.717, 1.165) is 5.01 Å². The fraction of sp³-hybridized carbons (Fsp3) is 0.545. The fourth-order valence-electron chi connectivity index (χ4n) is 1.61. The molecule has 1 heterocycles. The van der Waals surface area contributed by atoms with Crippen molar-refractivity contribution >= 4 is 23.3 Å². The van der Waals surface area contributed by atoms with Crippen molar-refractivity contribution in [2.24, 2.45) is 0 Å². The zero-order chi connectivity index (χ0) is 13.5. The predicted octanol–water partition coefficient (Wildman–Crippen LogP) is 1.54. The van der Waals surface area contributed by atoms with Crippen LogP contribution in [-0.2, 0) is 11.3 Å². The third-order valence-corrected chi connectivity index (χ3v) is 3.26. The summed E-state index contributed by atoms with van der Waals surface area (Å²) in [6.45, 7) is 4.38. The number of hydrogen-bond acceptors (Lipinski definition) is 4. The molecule has 0 radical (unpaired) electrons. The number of hydrogen-bond donors (Lipinski definition) is 2. The van der Waals surface area contributed by atoms with Gasteiger partial charge in [-0.1, -0.05) is 0 Å². The van der Waals surface area contributed by atoms with Crippen LogP contribution in [0, 0.1) is 0 Å². The maximum absolute atomic E-state index is 11.9. The molecule has 0 saturated heterocycles. The first-order chi connectivity index (χ1) is 8.54. The summed E-state index contributed by atoms with van der Waals surface area (Å²) >= 11 is 1.46. The Hall–Kier alpha value is -1.63. The van der Waals surface area contributed by atoms with Gasteiger partial charge in [0.25, 0.3) is 0 Å². The third-order valence-electron chi connectivity index (χ3n) is 2.48. The van der Waals surface area contributed by atoms with Crippen molar-refractivity contribution in [1.82, 2.24) is 15.2 Å². The Morgan fingerprint density at radius 1 is 1.61 bits per heavy atom. The number of nitrogens with one attached hydrogen (secondary N) is 1. The number of carbonyl (C=O) groups is 2. The highest BCUT2D eigenvalue weighted by atomic mass is 32.1. The molecule has 1 aromatic rings. The van der Waals surface area contributed by atoms with Crippen LogP contribution in [0.5, 0.6) is 0 Å². The Kier molecular flexibility index (Phi) is 5.57. The van der Waals surface area contributed by atoms with Crippen molar-refractivity contribution < 1.29 is 14.7 Å². The van der Waals surface area contributed by atoms with Crippen LogP contribution >= 0.6 is 11.3 Å². The fourth-order valence-corrected chi connectivity index (χ4v) is 2.17. The van der Waals surface area contributed by atoms with Gasteiger partial charge in [-0.15, -0.1) is 11.3 Å². The van der Waals surface area contributed by atoms with Gasteiger partial charge in [-0.05, 0) is 13.8 Å². The van der Waals surface area contributed by atoms with Crippen molar-refractivity contribution in [3.63, 3.8) is 0 Å². The summed E-state index contributed by atoms with van der Waals surface area (Å²) in [5.41, 5.74) is 0. The minimum atomic E-state index is -0.909. The Morgan fingerprint density at radius 3 is 2.83 bits per heavy atom.